The Balaban J connectivity index is 2.85. The number of nitrogens with one attached hydrogen (secondary N) is 1. The number of ether oxygens (including phenoxy) is 1. The number of phenolic OH excluding ortho intramolecular Hbond substituents is 1. The molecular weight excluding hydrogens is 178 g/mol. The topological polar surface area (TPSA) is 41.5 Å². The predicted molar refractivity (Wildman–Crippen MR) is 56.9 cm³/mol. The molecule has 0 fully saturated rings. The van der Waals surface area contributed by atoms with Crippen LogP contribution in [0.5, 0.6) is 11.5 Å². The standard InChI is InChI=1S/C11H17NO2/c1-8(12-2)6-9-4-5-10(13)7-11(9)14-3/h4-5,7-8,12-13H,6H2,1-3H3. The highest BCUT2D eigenvalue weighted by Gasteiger charge is 2.07. The van der Waals surface area contributed by atoms with Gasteiger partial charge in [-0.2, -0.15) is 0 Å². The molecule has 3 nitrogen and oxygen atoms in total. The lowest BCUT2D eigenvalue weighted by atomic mass is 10.1. The maximum Gasteiger partial charge on any atom is 0.125 e. The molecule has 0 aliphatic heterocycles. The van der Waals surface area contributed by atoms with Crippen molar-refractivity contribution in [2.75, 3.05) is 14.2 Å². The maximum absolute atomic E-state index is 9.26. The number of likely N-dealkylation sites (N-methyl/N-ethyl adjacent to an activating group) is 1. The van der Waals surface area contributed by atoms with Crippen molar-refractivity contribution in [3.8, 4) is 11.5 Å². The van der Waals surface area contributed by atoms with E-state index in [2.05, 4.69) is 12.2 Å². The van der Waals surface area contributed by atoms with Gasteiger partial charge in [0.1, 0.15) is 11.5 Å². The Morgan fingerprint density at radius 3 is 2.79 bits per heavy atom. The van der Waals surface area contributed by atoms with E-state index in [1.807, 2.05) is 13.1 Å². The van der Waals surface area contributed by atoms with Crippen molar-refractivity contribution in [3.05, 3.63) is 23.8 Å². The second-order valence-electron chi connectivity index (χ2n) is 3.39. The average molecular weight is 195 g/mol. The second-order valence-corrected chi connectivity index (χ2v) is 3.39. The van der Waals surface area contributed by atoms with E-state index in [1.54, 1.807) is 19.2 Å². The summed E-state index contributed by atoms with van der Waals surface area (Å²) in [4.78, 5) is 0. The summed E-state index contributed by atoms with van der Waals surface area (Å²) in [5.74, 6) is 0.981. The van der Waals surface area contributed by atoms with Gasteiger partial charge in [0.2, 0.25) is 0 Å². The molecule has 0 saturated heterocycles. The van der Waals surface area contributed by atoms with Crippen LogP contribution >= 0.6 is 0 Å². The molecule has 2 N–H and O–H groups in total. The lowest BCUT2D eigenvalue weighted by molar-refractivity contribution is 0.400. The van der Waals surface area contributed by atoms with Gasteiger partial charge in [-0.1, -0.05) is 6.07 Å². The van der Waals surface area contributed by atoms with E-state index in [9.17, 15) is 5.11 Å². The van der Waals surface area contributed by atoms with Gasteiger partial charge in [-0.15, -0.1) is 0 Å². The van der Waals surface area contributed by atoms with Gasteiger partial charge in [-0.05, 0) is 32.0 Å². The first-order valence-corrected chi connectivity index (χ1v) is 4.70. The van der Waals surface area contributed by atoms with Crippen LogP contribution in [0.4, 0.5) is 0 Å². The first kappa shape index (κ1) is 10.9. The number of aromatic hydroxyl groups is 1. The van der Waals surface area contributed by atoms with E-state index in [0.29, 0.717) is 6.04 Å². The Morgan fingerprint density at radius 1 is 1.50 bits per heavy atom. The fourth-order valence-corrected chi connectivity index (χ4v) is 1.33. The summed E-state index contributed by atoms with van der Waals surface area (Å²) < 4.78 is 5.18. The number of methoxy groups -OCH3 is 1. The number of benzene rings is 1. The van der Waals surface area contributed by atoms with E-state index in [0.717, 1.165) is 17.7 Å². The van der Waals surface area contributed by atoms with Crippen LogP contribution < -0.4 is 10.1 Å². The van der Waals surface area contributed by atoms with Crippen LogP contribution in [0.2, 0.25) is 0 Å². The van der Waals surface area contributed by atoms with Crippen LogP contribution in [0.25, 0.3) is 0 Å². The molecule has 0 amide bonds. The summed E-state index contributed by atoms with van der Waals surface area (Å²) in [7, 11) is 3.54. The zero-order valence-corrected chi connectivity index (χ0v) is 8.87. The summed E-state index contributed by atoms with van der Waals surface area (Å²) >= 11 is 0. The minimum Gasteiger partial charge on any atom is -0.508 e. The smallest absolute Gasteiger partial charge is 0.125 e. The Hall–Kier alpha value is -1.22. The highest BCUT2D eigenvalue weighted by Crippen LogP contribution is 2.24. The van der Waals surface area contributed by atoms with Crippen molar-refractivity contribution in [3.63, 3.8) is 0 Å². The fraction of sp³-hybridized carbons (Fsp3) is 0.455. The van der Waals surface area contributed by atoms with Gasteiger partial charge in [-0.3, -0.25) is 0 Å². The van der Waals surface area contributed by atoms with Gasteiger partial charge < -0.3 is 15.2 Å². The molecule has 1 unspecified atom stereocenters. The van der Waals surface area contributed by atoms with Crippen molar-refractivity contribution in [2.45, 2.75) is 19.4 Å². The molecule has 0 heterocycles. The van der Waals surface area contributed by atoms with E-state index in [4.69, 9.17) is 4.74 Å². The molecular formula is C11H17NO2. The van der Waals surface area contributed by atoms with Crippen LogP contribution in [0.1, 0.15) is 12.5 Å². The SMILES string of the molecule is CNC(C)Cc1ccc(O)cc1OC. The normalized spacial score (nSPS) is 12.5. The maximum atomic E-state index is 9.26. The zero-order chi connectivity index (χ0) is 10.6. The van der Waals surface area contributed by atoms with Crippen molar-refractivity contribution in [2.24, 2.45) is 0 Å². The highest BCUT2D eigenvalue weighted by atomic mass is 16.5. The van der Waals surface area contributed by atoms with Crippen LogP contribution in [0.3, 0.4) is 0 Å². The van der Waals surface area contributed by atoms with Gasteiger partial charge in [0.15, 0.2) is 0 Å². The molecule has 0 radical (unpaired) electrons. The molecule has 1 aromatic carbocycles. The third-order valence-electron chi connectivity index (χ3n) is 2.29. The van der Waals surface area contributed by atoms with E-state index in [1.165, 1.54) is 0 Å². The Bertz CT molecular complexity index is 299. The van der Waals surface area contributed by atoms with Crippen molar-refractivity contribution in [1.82, 2.24) is 5.32 Å². The molecule has 1 rings (SSSR count). The van der Waals surface area contributed by atoms with Crippen LogP contribution in [-0.4, -0.2) is 25.3 Å². The molecule has 0 aliphatic carbocycles. The van der Waals surface area contributed by atoms with E-state index in [-0.39, 0.29) is 5.75 Å². The first-order chi connectivity index (χ1) is 6.67. The third-order valence-corrected chi connectivity index (χ3v) is 2.29. The number of phenols is 1. The number of hydrogen-bond donors (Lipinski definition) is 2. The Kier molecular flexibility index (Phi) is 3.77. The monoisotopic (exact) mass is 195 g/mol. The molecule has 14 heavy (non-hydrogen) atoms. The molecule has 78 valence electrons. The summed E-state index contributed by atoms with van der Waals surface area (Å²) in [5.41, 5.74) is 1.10. The average Bonchev–Trinajstić information content (AvgIpc) is 2.20. The number of hydrogen-bond acceptors (Lipinski definition) is 3. The fourth-order valence-electron chi connectivity index (χ4n) is 1.33. The summed E-state index contributed by atoms with van der Waals surface area (Å²) in [6.07, 6.45) is 0.889. The van der Waals surface area contributed by atoms with Gasteiger partial charge in [0.25, 0.3) is 0 Å². The molecule has 0 saturated carbocycles. The van der Waals surface area contributed by atoms with Crippen LogP contribution in [0, 0.1) is 0 Å². The largest absolute Gasteiger partial charge is 0.508 e. The molecule has 1 aromatic rings. The van der Waals surface area contributed by atoms with Gasteiger partial charge >= 0.3 is 0 Å². The summed E-state index contributed by atoms with van der Waals surface area (Å²) in [6, 6.07) is 5.60. The van der Waals surface area contributed by atoms with Gasteiger partial charge in [-0.25, -0.2) is 0 Å². The van der Waals surface area contributed by atoms with Crippen molar-refractivity contribution < 1.29 is 9.84 Å². The second kappa shape index (κ2) is 4.86. The van der Waals surface area contributed by atoms with E-state index < -0.39 is 0 Å². The Labute approximate surface area is 84.7 Å². The highest BCUT2D eigenvalue weighted by molar-refractivity contribution is 5.40. The van der Waals surface area contributed by atoms with Crippen LogP contribution in [0.15, 0.2) is 18.2 Å². The van der Waals surface area contributed by atoms with Crippen LogP contribution in [-0.2, 0) is 6.42 Å². The lowest BCUT2D eigenvalue weighted by Crippen LogP contribution is -2.23. The molecule has 1 atom stereocenters. The molecule has 0 aliphatic rings. The zero-order valence-electron chi connectivity index (χ0n) is 8.87. The minimum atomic E-state index is 0.239. The quantitative estimate of drug-likeness (QED) is 0.766. The molecule has 3 heteroatoms. The van der Waals surface area contributed by atoms with Gasteiger partial charge in [0.05, 0.1) is 7.11 Å². The van der Waals surface area contributed by atoms with Gasteiger partial charge in [0, 0.05) is 12.1 Å². The minimum absolute atomic E-state index is 0.239. The third kappa shape index (κ3) is 2.64. The lowest BCUT2D eigenvalue weighted by Gasteiger charge is -2.13. The van der Waals surface area contributed by atoms with E-state index >= 15 is 0 Å². The molecule has 0 aromatic heterocycles. The van der Waals surface area contributed by atoms with Crippen molar-refractivity contribution in [1.29, 1.82) is 0 Å². The molecule has 0 spiro atoms. The van der Waals surface area contributed by atoms with Crippen molar-refractivity contribution >= 4 is 0 Å². The summed E-state index contributed by atoms with van der Waals surface area (Å²) in [6.45, 7) is 2.10. The predicted octanol–water partition coefficient (Wildman–Crippen LogP) is 1.55. The first-order valence-electron chi connectivity index (χ1n) is 4.70. The summed E-state index contributed by atoms with van der Waals surface area (Å²) in [5, 5.41) is 12.4. The molecule has 0 bridgehead atoms. The number of rotatable bonds is 4. The Morgan fingerprint density at radius 2 is 2.21 bits per heavy atom.